The van der Waals surface area contributed by atoms with E-state index in [1.165, 1.54) is 18.5 Å². The summed E-state index contributed by atoms with van der Waals surface area (Å²) in [5.41, 5.74) is 1.29. The lowest BCUT2D eigenvalue weighted by Gasteiger charge is -2.24. The van der Waals surface area contributed by atoms with E-state index in [4.69, 9.17) is 11.6 Å². The van der Waals surface area contributed by atoms with E-state index in [2.05, 4.69) is 36.2 Å². The maximum atomic E-state index is 6.08. The molecule has 2 rings (SSSR count). The van der Waals surface area contributed by atoms with Crippen LogP contribution in [-0.4, -0.2) is 31.1 Å². The first-order valence-electron chi connectivity index (χ1n) is 7.27. The van der Waals surface area contributed by atoms with Crippen molar-refractivity contribution in [2.24, 2.45) is 5.92 Å². The molecule has 0 radical (unpaired) electrons. The number of halogens is 1. The summed E-state index contributed by atoms with van der Waals surface area (Å²) in [4.78, 5) is 2.61. The molecule has 19 heavy (non-hydrogen) atoms. The molecule has 1 aromatic carbocycles. The van der Waals surface area contributed by atoms with Crippen LogP contribution in [0.4, 0.5) is 0 Å². The fourth-order valence-electron chi connectivity index (χ4n) is 3.19. The Morgan fingerprint density at radius 2 is 2.21 bits per heavy atom. The average molecular weight is 281 g/mol. The Balaban J connectivity index is 1.93. The van der Waals surface area contributed by atoms with Crippen molar-refractivity contribution >= 4 is 11.6 Å². The summed E-state index contributed by atoms with van der Waals surface area (Å²) in [5.74, 6) is 0.842. The number of nitrogens with zero attached hydrogens (tertiary/aromatic N) is 1. The summed E-state index contributed by atoms with van der Waals surface area (Å²) in [6.45, 7) is 7.09. The van der Waals surface area contributed by atoms with Gasteiger partial charge in [-0.2, -0.15) is 0 Å². The van der Waals surface area contributed by atoms with Crippen LogP contribution in [0.3, 0.4) is 0 Å². The zero-order valence-corrected chi connectivity index (χ0v) is 13.0. The first-order chi connectivity index (χ1) is 9.10. The second kappa shape index (κ2) is 6.74. The van der Waals surface area contributed by atoms with Crippen LogP contribution in [0.25, 0.3) is 0 Å². The van der Waals surface area contributed by atoms with Gasteiger partial charge < -0.3 is 10.2 Å². The van der Waals surface area contributed by atoms with Gasteiger partial charge in [0.25, 0.3) is 0 Å². The topological polar surface area (TPSA) is 15.3 Å². The summed E-state index contributed by atoms with van der Waals surface area (Å²) in [7, 11) is 2.03. The van der Waals surface area contributed by atoms with E-state index in [0.29, 0.717) is 6.04 Å². The van der Waals surface area contributed by atoms with Crippen LogP contribution in [0.1, 0.15) is 38.3 Å². The van der Waals surface area contributed by atoms with Gasteiger partial charge in [-0.05, 0) is 50.4 Å². The molecule has 0 aliphatic carbocycles. The highest BCUT2D eigenvalue weighted by molar-refractivity contribution is 6.30. The predicted molar refractivity (Wildman–Crippen MR) is 82.7 cm³/mol. The summed E-state index contributed by atoms with van der Waals surface area (Å²) < 4.78 is 0. The molecular formula is C16H25ClN2. The molecule has 3 unspecified atom stereocenters. The van der Waals surface area contributed by atoms with Gasteiger partial charge in [-0.15, -0.1) is 0 Å². The van der Waals surface area contributed by atoms with E-state index in [1.54, 1.807) is 0 Å². The number of nitrogens with one attached hydrogen (secondary N) is 1. The molecule has 1 saturated heterocycles. The van der Waals surface area contributed by atoms with Gasteiger partial charge in [0.15, 0.2) is 0 Å². The summed E-state index contributed by atoms with van der Waals surface area (Å²) in [5, 5.41) is 4.23. The number of rotatable bonds is 5. The van der Waals surface area contributed by atoms with Gasteiger partial charge in [-0.25, -0.2) is 0 Å². The van der Waals surface area contributed by atoms with E-state index in [1.807, 2.05) is 19.2 Å². The van der Waals surface area contributed by atoms with Crippen LogP contribution < -0.4 is 5.32 Å². The zero-order chi connectivity index (χ0) is 13.8. The van der Waals surface area contributed by atoms with Crippen molar-refractivity contribution in [2.75, 3.05) is 20.1 Å². The van der Waals surface area contributed by atoms with E-state index >= 15 is 0 Å². The number of hydrogen-bond donors (Lipinski definition) is 1. The lowest BCUT2D eigenvalue weighted by Crippen LogP contribution is -2.31. The van der Waals surface area contributed by atoms with Gasteiger partial charge in [0.1, 0.15) is 0 Å². The quantitative estimate of drug-likeness (QED) is 0.884. The Labute approximate surface area is 122 Å². The highest BCUT2D eigenvalue weighted by Crippen LogP contribution is 2.25. The summed E-state index contributed by atoms with van der Waals surface area (Å²) in [6, 6.07) is 9.31. The van der Waals surface area contributed by atoms with Crippen molar-refractivity contribution in [1.29, 1.82) is 0 Å². The Morgan fingerprint density at radius 3 is 2.79 bits per heavy atom. The van der Waals surface area contributed by atoms with Gasteiger partial charge in [0.05, 0.1) is 0 Å². The summed E-state index contributed by atoms with van der Waals surface area (Å²) in [6.07, 6.45) is 2.47. The third-order valence-electron chi connectivity index (χ3n) is 4.22. The molecule has 0 bridgehead atoms. The normalized spacial score (nSPS) is 25.7. The van der Waals surface area contributed by atoms with Crippen molar-refractivity contribution in [1.82, 2.24) is 10.2 Å². The lowest BCUT2D eigenvalue weighted by atomic mass is 10.0. The maximum absolute atomic E-state index is 6.08. The third-order valence-corrected chi connectivity index (χ3v) is 4.45. The smallest absolute Gasteiger partial charge is 0.0409 e. The Morgan fingerprint density at radius 1 is 1.42 bits per heavy atom. The fraction of sp³-hybridized carbons (Fsp3) is 0.625. The zero-order valence-electron chi connectivity index (χ0n) is 12.2. The molecule has 2 nitrogen and oxygen atoms in total. The Bertz CT molecular complexity index is 407. The molecule has 106 valence electrons. The van der Waals surface area contributed by atoms with E-state index in [-0.39, 0.29) is 0 Å². The molecule has 3 atom stereocenters. The second-order valence-corrected chi connectivity index (χ2v) is 6.31. The van der Waals surface area contributed by atoms with Gasteiger partial charge >= 0.3 is 0 Å². The van der Waals surface area contributed by atoms with Gasteiger partial charge in [-0.1, -0.05) is 30.7 Å². The minimum absolute atomic E-state index is 0.391. The minimum atomic E-state index is 0.391. The predicted octanol–water partition coefficient (Wildman–Crippen LogP) is 3.72. The number of likely N-dealkylation sites (tertiary alicyclic amines) is 1. The van der Waals surface area contributed by atoms with Crippen LogP contribution in [0, 0.1) is 5.92 Å². The second-order valence-electron chi connectivity index (χ2n) is 5.87. The first-order valence-corrected chi connectivity index (χ1v) is 7.64. The average Bonchev–Trinajstić information content (AvgIpc) is 2.69. The lowest BCUT2D eigenvalue weighted by molar-refractivity contribution is 0.250. The van der Waals surface area contributed by atoms with Gasteiger partial charge in [0, 0.05) is 30.2 Å². The van der Waals surface area contributed by atoms with Crippen LogP contribution in [0.5, 0.6) is 0 Å². The molecule has 0 saturated carbocycles. The Hall–Kier alpha value is -0.570. The van der Waals surface area contributed by atoms with E-state index < -0.39 is 0 Å². The molecule has 3 heteroatoms. The molecule has 0 amide bonds. The maximum Gasteiger partial charge on any atom is 0.0409 e. The van der Waals surface area contributed by atoms with Crippen molar-refractivity contribution in [3.8, 4) is 0 Å². The first kappa shape index (κ1) is 14.8. The van der Waals surface area contributed by atoms with Crippen LogP contribution in [0.2, 0.25) is 5.02 Å². The SMILES string of the molecule is CNC(CCN1CC(C)CC1C)c1cccc(Cl)c1. The van der Waals surface area contributed by atoms with Crippen molar-refractivity contribution in [2.45, 2.75) is 38.8 Å². The minimum Gasteiger partial charge on any atom is -0.313 e. The highest BCUT2D eigenvalue weighted by atomic mass is 35.5. The number of hydrogen-bond acceptors (Lipinski definition) is 2. The Kier molecular flexibility index (Phi) is 5.26. The van der Waals surface area contributed by atoms with E-state index in [0.717, 1.165) is 29.9 Å². The fourth-order valence-corrected chi connectivity index (χ4v) is 3.39. The van der Waals surface area contributed by atoms with Crippen LogP contribution >= 0.6 is 11.6 Å². The van der Waals surface area contributed by atoms with Crippen molar-refractivity contribution in [3.05, 3.63) is 34.9 Å². The largest absolute Gasteiger partial charge is 0.313 e. The van der Waals surface area contributed by atoms with E-state index in [9.17, 15) is 0 Å². The van der Waals surface area contributed by atoms with Crippen LogP contribution in [-0.2, 0) is 0 Å². The molecule has 1 aliphatic heterocycles. The van der Waals surface area contributed by atoms with Crippen molar-refractivity contribution in [3.63, 3.8) is 0 Å². The molecule has 1 N–H and O–H groups in total. The van der Waals surface area contributed by atoms with Crippen molar-refractivity contribution < 1.29 is 0 Å². The molecule has 1 aromatic rings. The molecular weight excluding hydrogens is 256 g/mol. The summed E-state index contributed by atoms with van der Waals surface area (Å²) >= 11 is 6.08. The highest BCUT2D eigenvalue weighted by Gasteiger charge is 2.26. The van der Waals surface area contributed by atoms with Crippen LogP contribution in [0.15, 0.2) is 24.3 Å². The third kappa shape index (κ3) is 3.95. The van der Waals surface area contributed by atoms with Gasteiger partial charge in [0.2, 0.25) is 0 Å². The molecule has 1 fully saturated rings. The molecule has 1 heterocycles. The van der Waals surface area contributed by atoms with Gasteiger partial charge in [-0.3, -0.25) is 0 Å². The molecule has 0 spiro atoms. The monoisotopic (exact) mass is 280 g/mol. The standard InChI is InChI=1S/C16H25ClN2/c1-12-9-13(2)19(11-12)8-7-16(18-3)14-5-4-6-15(17)10-14/h4-6,10,12-13,16,18H,7-9,11H2,1-3H3. The molecule has 0 aromatic heterocycles. The molecule has 1 aliphatic rings. The number of benzene rings is 1.